The lowest BCUT2D eigenvalue weighted by Gasteiger charge is -2.34. The molecule has 1 aliphatic carbocycles. The summed E-state index contributed by atoms with van der Waals surface area (Å²) < 4.78 is 42.8. The largest absolute Gasteiger partial charge is 0.412 e. The van der Waals surface area contributed by atoms with Crippen molar-refractivity contribution in [2.45, 2.75) is 37.5 Å². The Balaban J connectivity index is 1.86. The number of ether oxygens (including phenoxy) is 1. The monoisotopic (exact) mass is 278 g/mol. The Labute approximate surface area is 111 Å². The van der Waals surface area contributed by atoms with Gasteiger partial charge in [-0.2, -0.15) is 13.2 Å². The molecule has 1 N–H and O–H groups in total. The van der Waals surface area contributed by atoms with Crippen molar-refractivity contribution in [3.63, 3.8) is 0 Å². The molecule has 1 fully saturated rings. The first kappa shape index (κ1) is 14.8. The molecule has 0 aromatic rings. The van der Waals surface area contributed by atoms with E-state index in [4.69, 9.17) is 4.74 Å². The molecule has 1 aliphatic heterocycles. The molecule has 0 aromatic heterocycles. The summed E-state index contributed by atoms with van der Waals surface area (Å²) in [7, 11) is 1.63. The van der Waals surface area contributed by atoms with Crippen molar-refractivity contribution >= 4 is 0 Å². The van der Waals surface area contributed by atoms with E-state index in [0.717, 1.165) is 6.54 Å². The van der Waals surface area contributed by atoms with E-state index >= 15 is 0 Å². The number of methoxy groups -OCH3 is 1. The average Bonchev–Trinajstić information content (AvgIpc) is 3.17. The molecule has 2 aliphatic rings. The Bertz CT molecular complexity index is 326. The first-order valence-electron chi connectivity index (χ1n) is 6.73. The highest BCUT2D eigenvalue weighted by molar-refractivity contribution is 5.13. The summed E-state index contributed by atoms with van der Waals surface area (Å²) in [4.78, 5) is 2.06. The molecule has 0 aromatic carbocycles. The molecule has 0 bridgehead atoms. The van der Waals surface area contributed by atoms with Gasteiger partial charge in [0.1, 0.15) is 0 Å². The van der Waals surface area contributed by atoms with Crippen LogP contribution < -0.4 is 5.32 Å². The lowest BCUT2D eigenvalue weighted by atomic mass is 10.1. The number of hydrogen-bond donors (Lipinski definition) is 1. The molecule has 2 rings (SSSR count). The van der Waals surface area contributed by atoms with Crippen LogP contribution in [0.1, 0.15) is 19.3 Å². The standard InChI is InChI=1S/C13H21F3N2O/c1-19-9-12(8-17-11-2-3-11)18-6-4-10(5-7-18)13(14,15)16/h4,11-12,17H,2-3,5-9H2,1H3. The van der Waals surface area contributed by atoms with Gasteiger partial charge in [-0.25, -0.2) is 0 Å². The minimum Gasteiger partial charge on any atom is -0.383 e. The highest BCUT2D eigenvalue weighted by Crippen LogP contribution is 2.30. The molecule has 0 amide bonds. The fraction of sp³-hybridized carbons (Fsp3) is 0.846. The summed E-state index contributed by atoms with van der Waals surface area (Å²) in [6.07, 6.45) is -0.374. The van der Waals surface area contributed by atoms with Crippen molar-refractivity contribution in [2.24, 2.45) is 0 Å². The van der Waals surface area contributed by atoms with Gasteiger partial charge >= 0.3 is 6.18 Å². The van der Waals surface area contributed by atoms with Crippen LogP contribution in [0.2, 0.25) is 0 Å². The van der Waals surface area contributed by atoms with Crippen LogP contribution in [0, 0.1) is 0 Å². The van der Waals surface area contributed by atoms with E-state index in [1.165, 1.54) is 18.9 Å². The first-order chi connectivity index (χ1) is 9.00. The van der Waals surface area contributed by atoms with Gasteiger partial charge in [-0.1, -0.05) is 6.08 Å². The SMILES string of the molecule is COCC(CNC1CC1)N1CC=C(C(F)(F)F)CC1. The van der Waals surface area contributed by atoms with Gasteiger partial charge in [-0.05, 0) is 19.3 Å². The van der Waals surface area contributed by atoms with Crippen LogP contribution in [0.3, 0.4) is 0 Å². The predicted molar refractivity (Wildman–Crippen MR) is 67.0 cm³/mol. The zero-order valence-corrected chi connectivity index (χ0v) is 11.2. The van der Waals surface area contributed by atoms with Crippen LogP contribution >= 0.6 is 0 Å². The highest BCUT2D eigenvalue weighted by atomic mass is 19.4. The van der Waals surface area contributed by atoms with Crippen LogP contribution in [0.15, 0.2) is 11.6 Å². The summed E-state index contributed by atoms with van der Waals surface area (Å²) >= 11 is 0. The molecule has 1 saturated carbocycles. The van der Waals surface area contributed by atoms with Gasteiger partial charge in [0.2, 0.25) is 0 Å². The van der Waals surface area contributed by atoms with E-state index in [-0.39, 0.29) is 12.5 Å². The van der Waals surface area contributed by atoms with E-state index in [9.17, 15) is 13.2 Å². The normalized spacial score (nSPS) is 23.3. The summed E-state index contributed by atoms with van der Waals surface area (Å²) in [6, 6.07) is 0.752. The second-order valence-corrected chi connectivity index (χ2v) is 5.26. The van der Waals surface area contributed by atoms with Gasteiger partial charge in [0.05, 0.1) is 6.61 Å². The maximum Gasteiger partial charge on any atom is 0.412 e. The molecule has 110 valence electrons. The van der Waals surface area contributed by atoms with Crippen LogP contribution in [0.5, 0.6) is 0 Å². The Morgan fingerprint density at radius 2 is 2.21 bits per heavy atom. The maximum absolute atomic E-state index is 12.6. The second kappa shape index (κ2) is 6.24. The summed E-state index contributed by atoms with van der Waals surface area (Å²) in [6.45, 7) is 2.14. The third-order valence-electron chi connectivity index (χ3n) is 3.70. The first-order valence-corrected chi connectivity index (χ1v) is 6.73. The number of nitrogens with one attached hydrogen (secondary N) is 1. The molecule has 1 heterocycles. The Morgan fingerprint density at radius 1 is 1.47 bits per heavy atom. The summed E-state index contributed by atoms with van der Waals surface area (Å²) in [5.41, 5.74) is -0.393. The Morgan fingerprint density at radius 3 is 2.68 bits per heavy atom. The Kier molecular flexibility index (Phi) is 4.86. The topological polar surface area (TPSA) is 24.5 Å². The molecule has 6 heteroatoms. The number of halogens is 3. The van der Waals surface area contributed by atoms with Gasteiger partial charge in [0.25, 0.3) is 0 Å². The van der Waals surface area contributed by atoms with Crippen molar-refractivity contribution in [1.82, 2.24) is 10.2 Å². The molecule has 3 nitrogen and oxygen atoms in total. The highest BCUT2D eigenvalue weighted by Gasteiger charge is 2.36. The fourth-order valence-corrected chi connectivity index (χ4v) is 2.35. The predicted octanol–water partition coefficient (Wildman–Crippen LogP) is 1.95. The van der Waals surface area contributed by atoms with Crippen molar-refractivity contribution in [1.29, 1.82) is 0 Å². The van der Waals surface area contributed by atoms with E-state index < -0.39 is 11.7 Å². The fourth-order valence-electron chi connectivity index (χ4n) is 2.35. The van der Waals surface area contributed by atoms with Gasteiger partial charge in [0, 0.05) is 44.4 Å². The van der Waals surface area contributed by atoms with Gasteiger partial charge in [-0.15, -0.1) is 0 Å². The zero-order chi connectivity index (χ0) is 13.9. The molecule has 1 atom stereocenters. The van der Waals surface area contributed by atoms with Gasteiger partial charge in [0.15, 0.2) is 0 Å². The lowest BCUT2D eigenvalue weighted by Crippen LogP contribution is -2.47. The van der Waals surface area contributed by atoms with E-state index in [0.29, 0.717) is 25.7 Å². The van der Waals surface area contributed by atoms with E-state index in [1.54, 1.807) is 7.11 Å². The molecule has 1 unspecified atom stereocenters. The molecule has 0 radical (unpaired) electrons. The van der Waals surface area contributed by atoms with Crippen molar-refractivity contribution in [3.8, 4) is 0 Å². The molecule has 19 heavy (non-hydrogen) atoms. The van der Waals surface area contributed by atoms with Crippen LogP contribution in [0.25, 0.3) is 0 Å². The molecular weight excluding hydrogens is 257 g/mol. The van der Waals surface area contributed by atoms with Crippen molar-refractivity contribution in [2.75, 3.05) is 33.4 Å². The average molecular weight is 278 g/mol. The number of hydrogen-bond acceptors (Lipinski definition) is 3. The van der Waals surface area contributed by atoms with Crippen LogP contribution in [-0.4, -0.2) is 56.5 Å². The van der Waals surface area contributed by atoms with E-state index in [1.807, 2.05) is 0 Å². The third-order valence-corrected chi connectivity index (χ3v) is 3.70. The Hall–Kier alpha value is -0.590. The number of nitrogens with zero attached hydrogens (tertiary/aromatic N) is 1. The second-order valence-electron chi connectivity index (χ2n) is 5.26. The third kappa shape index (κ3) is 4.47. The smallest absolute Gasteiger partial charge is 0.383 e. The quantitative estimate of drug-likeness (QED) is 0.752. The van der Waals surface area contributed by atoms with Gasteiger partial charge in [-0.3, -0.25) is 4.90 Å². The zero-order valence-electron chi connectivity index (χ0n) is 11.2. The van der Waals surface area contributed by atoms with Gasteiger partial charge < -0.3 is 10.1 Å². The number of rotatable bonds is 6. The molecular formula is C13H21F3N2O. The minimum absolute atomic E-state index is 0.0765. The maximum atomic E-state index is 12.6. The molecule has 0 spiro atoms. The van der Waals surface area contributed by atoms with Crippen LogP contribution in [0.4, 0.5) is 13.2 Å². The van der Waals surface area contributed by atoms with E-state index in [2.05, 4.69) is 10.2 Å². The van der Waals surface area contributed by atoms with Crippen molar-refractivity contribution < 1.29 is 17.9 Å². The van der Waals surface area contributed by atoms with Crippen molar-refractivity contribution in [3.05, 3.63) is 11.6 Å². The molecule has 0 saturated heterocycles. The summed E-state index contributed by atoms with van der Waals surface area (Å²) in [5, 5.41) is 3.42. The lowest BCUT2D eigenvalue weighted by molar-refractivity contribution is -0.0966. The summed E-state index contributed by atoms with van der Waals surface area (Å²) in [5.74, 6) is 0. The minimum atomic E-state index is -4.17. The number of alkyl halides is 3. The van der Waals surface area contributed by atoms with Crippen LogP contribution in [-0.2, 0) is 4.74 Å².